The van der Waals surface area contributed by atoms with Crippen molar-refractivity contribution in [3.8, 4) is 11.5 Å². The molecule has 0 bridgehead atoms. The van der Waals surface area contributed by atoms with Crippen molar-refractivity contribution in [2.75, 3.05) is 32.1 Å². The first-order valence-electron chi connectivity index (χ1n) is 10.1. The number of carbonyl (C=O) groups is 1. The first-order valence-corrected chi connectivity index (χ1v) is 12.4. The van der Waals surface area contributed by atoms with E-state index >= 15 is 0 Å². The van der Waals surface area contributed by atoms with Crippen LogP contribution in [0.5, 0.6) is 11.5 Å². The van der Waals surface area contributed by atoms with Crippen LogP contribution in [0.15, 0.2) is 39.9 Å². The lowest BCUT2D eigenvalue weighted by Gasteiger charge is -2.30. The Kier molecular flexibility index (Phi) is 7.74. The van der Waals surface area contributed by atoms with Gasteiger partial charge in [0.1, 0.15) is 15.7 Å². The largest absolute Gasteiger partial charge is 0.497 e. The minimum atomic E-state index is -3.47. The summed E-state index contributed by atoms with van der Waals surface area (Å²) in [7, 11) is -1.90. The molecule has 3 rings (SSSR count). The number of piperidine rings is 1. The maximum atomic E-state index is 12.9. The summed E-state index contributed by atoms with van der Waals surface area (Å²) in [4.78, 5) is 12.9. The summed E-state index contributed by atoms with van der Waals surface area (Å²) in [5, 5.41) is 4.70. The van der Waals surface area contributed by atoms with Gasteiger partial charge >= 0.3 is 0 Å². The summed E-state index contributed by atoms with van der Waals surface area (Å²) in [6, 6.07) is 8.68. The number of hydrogen-bond donors (Lipinski definition) is 1. The number of carbonyl (C=O) groups excluding carboxylic acids is 1. The van der Waals surface area contributed by atoms with Crippen molar-refractivity contribution >= 4 is 33.0 Å². The predicted octanol–water partition coefficient (Wildman–Crippen LogP) is 3.98. The van der Waals surface area contributed by atoms with Crippen LogP contribution < -0.4 is 14.8 Å². The van der Waals surface area contributed by atoms with E-state index in [4.69, 9.17) is 9.47 Å². The average Bonchev–Trinajstić information content (AvgIpc) is 3.31. The van der Waals surface area contributed by atoms with E-state index < -0.39 is 10.0 Å². The highest BCUT2D eigenvalue weighted by Crippen LogP contribution is 2.31. The molecule has 0 saturated carbocycles. The number of ether oxygens (including phenoxy) is 2. The summed E-state index contributed by atoms with van der Waals surface area (Å²) >= 11 is 1.21. The Morgan fingerprint density at radius 3 is 2.67 bits per heavy atom. The molecule has 2 heterocycles. The van der Waals surface area contributed by atoms with Crippen LogP contribution in [0.2, 0.25) is 0 Å². The molecule has 9 heteroatoms. The van der Waals surface area contributed by atoms with Gasteiger partial charge < -0.3 is 14.8 Å². The Morgan fingerprint density at radius 2 is 2.03 bits per heavy atom. The number of unbranched alkanes of at least 4 members (excludes halogenated alkanes) is 1. The van der Waals surface area contributed by atoms with Crippen LogP contribution >= 0.6 is 11.3 Å². The van der Waals surface area contributed by atoms with Gasteiger partial charge in [-0.05, 0) is 42.8 Å². The van der Waals surface area contributed by atoms with E-state index in [2.05, 4.69) is 12.2 Å². The number of thiophene rings is 1. The minimum Gasteiger partial charge on any atom is -0.497 e. The number of sulfonamides is 1. The number of nitrogens with zero attached hydrogens (tertiary/aromatic N) is 1. The van der Waals surface area contributed by atoms with Crippen LogP contribution in [0.1, 0.15) is 32.6 Å². The molecule has 1 saturated heterocycles. The van der Waals surface area contributed by atoms with E-state index in [1.165, 1.54) is 15.6 Å². The Labute approximate surface area is 182 Å². The molecule has 30 heavy (non-hydrogen) atoms. The molecule has 2 aromatic rings. The minimum absolute atomic E-state index is 0.128. The fraction of sp³-hybridized carbons (Fsp3) is 0.476. The third kappa shape index (κ3) is 5.33. The number of methoxy groups -OCH3 is 1. The number of rotatable bonds is 9. The quantitative estimate of drug-likeness (QED) is 0.582. The van der Waals surface area contributed by atoms with Gasteiger partial charge in [-0.15, -0.1) is 11.3 Å². The van der Waals surface area contributed by atoms with Crippen LogP contribution in [0.3, 0.4) is 0 Å². The Morgan fingerprint density at radius 1 is 1.27 bits per heavy atom. The molecule has 0 spiro atoms. The first-order chi connectivity index (χ1) is 14.5. The monoisotopic (exact) mass is 452 g/mol. The van der Waals surface area contributed by atoms with E-state index in [0.717, 1.165) is 12.8 Å². The molecule has 1 aliphatic rings. The lowest BCUT2D eigenvalue weighted by Crippen LogP contribution is -2.41. The number of benzene rings is 1. The molecule has 1 aromatic carbocycles. The molecule has 0 unspecified atom stereocenters. The molecule has 1 fully saturated rings. The molecule has 7 nitrogen and oxygen atoms in total. The number of amides is 1. The first kappa shape index (κ1) is 22.6. The number of anilines is 1. The maximum Gasteiger partial charge on any atom is 0.252 e. The second kappa shape index (κ2) is 10.3. The maximum absolute atomic E-state index is 12.9. The van der Waals surface area contributed by atoms with Crippen molar-refractivity contribution in [3.63, 3.8) is 0 Å². The van der Waals surface area contributed by atoms with Crippen LogP contribution in [0.25, 0.3) is 0 Å². The van der Waals surface area contributed by atoms with E-state index in [-0.39, 0.29) is 11.8 Å². The van der Waals surface area contributed by atoms with Crippen LogP contribution in [0, 0.1) is 5.92 Å². The fourth-order valence-corrected chi connectivity index (χ4v) is 5.93. The molecule has 0 radical (unpaired) electrons. The lowest BCUT2D eigenvalue weighted by molar-refractivity contribution is -0.120. The highest BCUT2D eigenvalue weighted by atomic mass is 32.2. The van der Waals surface area contributed by atoms with Gasteiger partial charge in [-0.1, -0.05) is 19.4 Å². The standard InChI is InChI=1S/C21H28N2O5S2/c1-3-4-13-28-19-8-7-17(27-2)15-18(19)22-21(24)16-9-11-23(12-10-16)30(25,26)20-6-5-14-29-20/h5-8,14-16H,3-4,9-13H2,1-2H3,(H,22,24). The topological polar surface area (TPSA) is 84.9 Å². The molecule has 1 aromatic heterocycles. The van der Waals surface area contributed by atoms with Crippen molar-refractivity contribution in [1.29, 1.82) is 0 Å². The summed E-state index contributed by atoms with van der Waals surface area (Å²) in [5.41, 5.74) is 0.573. The van der Waals surface area contributed by atoms with Gasteiger partial charge in [0.05, 0.1) is 19.4 Å². The van der Waals surface area contributed by atoms with Gasteiger partial charge in [0, 0.05) is 25.1 Å². The molecule has 0 atom stereocenters. The van der Waals surface area contributed by atoms with E-state index in [1.54, 1.807) is 42.8 Å². The SMILES string of the molecule is CCCCOc1ccc(OC)cc1NC(=O)C1CCN(S(=O)(=O)c2cccs2)CC1. The zero-order valence-electron chi connectivity index (χ0n) is 17.3. The molecular weight excluding hydrogens is 424 g/mol. The second-order valence-electron chi connectivity index (χ2n) is 7.16. The highest BCUT2D eigenvalue weighted by molar-refractivity contribution is 7.91. The van der Waals surface area contributed by atoms with Crippen molar-refractivity contribution in [1.82, 2.24) is 4.31 Å². The van der Waals surface area contributed by atoms with Crippen LogP contribution in [0.4, 0.5) is 5.69 Å². The van der Waals surface area contributed by atoms with E-state index in [9.17, 15) is 13.2 Å². The smallest absolute Gasteiger partial charge is 0.252 e. The Hall–Kier alpha value is -2.10. The highest BCUT2D eigenvalue weighted by Gasteiger charge is 2.32. The fourth-order valence-electron chi connectivity index (χ4n) is 3.32. The van der Waals surface area contributed by atoms with Crippen molar-refractivity contribution < 1.29 is 22.7 Å². The van der Waals surface area contributed by atoms with Crippen LogP contribution in [-0.2, 0) is 14.8 Å². The molecule has 164 valence electrons. The van der Waals surface area contributed by atoms with Crippen molar-refractivity contribution in [3.05, 3.63) is 35.7 Å². The van der Waals surface area contributed by atoms with Gasteiger partial charge in [-0.2, -0.15) is 4.31 Å². The van der Waals surface area contributed by atoms with Crippen LogP contribution in [-0.4, -0.2) is 45.4 Å². The summed E-state index contributed by atoms with van der Waals surface area (Å²) < 4.78 is 38.2. The summed E-state index contributed by atoms with van der Waals surface area (Å²) in [6.07, 6.45) is 2.90. The van der Waals surface area contributed by atoms with Crippen molar-refractivity contribution in [2.24, 2.45) is 5.92 Å². The number of hydrogen-bond acceptors (Lipinski definition) is 6. The lowest BCUT2D eigenvalue weighted by atomic mass is 9.97. The molecule has 1 amide bonds. The zero-order chi connectivity index (χ0) is 21.6. The molecule has 0 aliphatic carbocycles. The predicted molar refractivity (Wildman–Crippen MR) is 118 cm³/mol. The normalized spacial score (nSPS) is 15.7. The second-order valence-corrected chi connectivity index (χ2v) is 10.3. The van der Waals surface area contributed by atoms with Gasteiger partial charge in [0.15, 0.2) is 0 Å². The van der Waals surface area contributed by atoms with Gasteiger partial charge in [0.25, 0.3) is 10.0 Å². The third-order valence-electron chi connectivity index (χ3n) is 5.11. The molecule has 1 aliphatic heterocycles. The summed E-state index contributed by atoms with van der Waals surface area (Å²) in [6.45, 7) is 3.32. The third-order valence-corrected chi connectivity index (χ3v) is 8.39. The Bertz CT molecular complexity index is 936. The Balaban J connectivity index is 1.63. The average molecular weight is 453 g/mol. The van der Waals surface area contributed by atoms with Gasteiger partial charge in [-0.25, -0.2) is 8.42 Å². The van der Waals surface area contributed by atoms with Gasteiger partial charge in [-0.3, -0.25) is 4.79 Å². The van der Waals surface area contributed by atoms with E-state index in [1.807, 2.05) is 0 Å². The van der Waals surface area contributed by atoms with Gasteiger partial charge in [0.2, 0.25) is 5.91 Å². The van der Waals surface area contributed by atoms with Crippen molar-refractivity contribution in [2.45, 2.75) is 36.8 Å². The molecule has 1 N–H and O–H groups in total. The number of nitrogens with one attached hydrogen (secondary N) is 1. The molecular formula is C21H28N2O5S2. The van der Waals surface area contributed by atoms with E-state index in [0.29, 0.717) is 53.9 Å². The summed E-state index contributed by atoms with van der Waals surface area (Å²) in [5.74, 6) is 0.853. The zero-order valence-corrected chi connectivity index (χ0v) is 18.9.